The van der Waals surface area contributed by atoms with Gasteiger partial charge in [0.1, 0.15) is 11.3 Å². The van der Waals surface area contributed by atoms with E-state index in [1.807, 2.05) is 25.2 Å². The second kappa shape index (κ2) is 7.11. The van der Waals surface area contributed by atoms with Crippen LogP contribution in [-0.2, 0) is 0 Å². The highest BCUT2D eigenvalue weighted by Gasteiger charge is 2.15. The Balaban J connectivity index is 2.12. The molecule has 3 nitrogen and oxygen atoms in total. The van der Waals surface area contributed by atoms with Gasteiger partial charge >= 0.3 is 0 Å². The van der Waals surface area contributed by atoms with Gasteiger partial charge in [-0.2, -0.15) is 0 Å². The minimum absolute atomic E-state index is 0.238. The molecule has 0 saturated carbocycles. The smallest absolute Gasteiger partial charge is 0.134 e. The molecular weight excluding hydrogens is 272 g/mol. The van der Waals surface area contributed by atoms with Crippen LogP contribution in [0.4, 0.5) is 0 Å². The second-order valence-corrected chi connectivity index (χ2v) is 5.42. The maximum atomic E-state index is 6.02. The van der Waals surface area contributed by atoms with Crippen LogP contribution in [0.25, 0.3) is 11.0 Å². The summed E-state index contributed by atoms with van der Waals surface area (Å²) in [5, 5.41) is 5.15. The van der Waals surface area contributed by atoms with E-state index in [2.05, 4.69) is 30.1 Å². The molecule has 20 heavy (non-hydrogen) atoms. The first-order chi connectivity index (χ1) is 9.67. The molecule has 0 radical (unpaired) electrons. The summed E-state index contributed by atoms with van der Waals surface area (Å²) in [6.07, 6.45) is 1.03. The van der Waals surface area contributed by atoms with E-state index in [1.165, 1.54) is 0 Å². The van der Waals surface area contributed by atoms with Gasteiger partial charge in [0.05, 0.1) is 6.04 Å². The van der Waals surface area contributed by atoms with Gasteiger partial charge in [0, 0.05) is 17.0 Å². The fraction of sp³-hybridized carbons (Fsp3) is 0.500. The molecule has 1 unspecified atom stereocenters. The normalized spacial score (nSPS) is 13.2. The van der Waals surface area contributed by atoms with Gasteiger partial charge in [0.25, 0.3) is 0 Å². The average Bonchev–Trinajstić information content (AvgIpc) is 2.86. The molecule has 2 rings (SSSR count). The van der Waals surface area contributed by atoms with Crippen molar-refractivity contribution in [2.24, 2.45) is 0 Å². The van der Waals surface area contributed by atoms with Crippen LogP contribution in [0.2, 0.25) is 5.02 Å². The molecule has 0 aliphatic heterocycles. The third kappa shape index (κ3) is 3.54. The molecule has 1 atom stereocenters. The van der Waals surface area contributed by atoms with Gasteiger partial charge in [-0.25, -0.2) is 0 Å². The first-order valence-electron chi connectivity index (χ1n) is 7.26. The lowest BCUT2D eigenvalue weighted by atomic mass is 10.1. The van der Waals surface area contributed by atoms with Gasteiger partial charge in [-0.05, 0) is 50.8 Å². The van der Waals surface area contributed by atoms with E-state index in [9.17, 15) is 0 Å². The van der Waals surface area contributed by atoms with Gasteiger partial charge in [0.2, 0.25) is 0 Å². The molecule has 0 bridgehead atoms. The van der Waals surface area contributed by atoms with Crippen molar-refractivity contribution < 1.29 is 4.42 Å². The van der Waals surface area contributed by atoms with Crippen LogP contribution in [0.1, 0.15) is 32.1 Å². The molecule has 1 aromatic heterocycles. The number of nitrogens with one attached hydrogen (secondary N) is 1. The van der Waals surface area contributed by atoms with Crippen molar-refractivity contribution in [3.63, 3.8) is 0 Å². The minimum atomic E-state index is 0.238. The van der Waals surface area contributed by atoms with Gasteiger partial charge < -0.3 is 14.6 Å². The monoisotopic (exact) mass is 294 g/mol. The molecule has 0 spiro atoms. The van der Waals surface area contributed by atoms with E-state index < -0.39 is 0 Å². The van der Waals surface area contributed by atoms with Crippen LogP contribution in [0.5, 0.6) is 0 Å². The first kappa shape index (κ1) is 15.4. The van der Waals surface area contributed by atoms with Gasteiger partial charge in [-0.3, -0.25) is 0 Å². The molecule has 110 valence electrons. The predicted octanol–water partition coefficient (Wildman–Crippen LogP) is 4.08. The highest BCUT2D eigenvalue weighted by molar-refractivity contribution is 6.31. The summed E-state index contributed by atoms with van der Waals surface area (Å²) in [5.74, 6) is 0.983. The Morgan fingerprint density at radius 1 is 1.25 bits per heavy atom. The third-order valence-electron chi connectivity index (χ3n) is 3.82. The fourth-order valence-electron chi connectivity index (χ4n) is 2.49. The van der Waals surface area contributed by atoms with Crippen molar-refractivity contribution in [3.05, 3.63) is 35.0 Å². The Morgan fingerprint density at radius 2 is 2.00 bits per heavy atom. The number of furan rings is 1. The van der Waals surface area contributed by atoms with Crippen molar-refractivity contribution in [3.8, 4) is 0 Å². The molecule has 0 aliphatic carbocycles. The summed E-state index contributed by atoms with van der Waals surface area (Å²) in [6, 6.07) is 8.06. The number of nitrogens with zero attached hydrogens (tertiary/aromatic N) is 1. The molecule has 0 fully saturated rings. The minimum Gasteiger partial charge on any atom is -0.459 e. The Labute approximate surface area is 125 Å². The molecule has 1 heterocycles. The van der Waals surface area contributed by atoms with Crippen LogP contribution in [0, 0.1) is 0 Å². The van der Waals surface area contributed by atoms with Crippen molar-refractivity contribution in [2.45, 2.75) is 26.3 Å². The highest BCUT2D eigenvalue weighted by atomic mass is 35.5. The third-order valence-corrected chi connectivity index (χ3v) is 4.05. The van der Waals surface area contributed by atoms with Crippen LogP contribution in [0.3, 0.4) is 0 Å². The van der Waals surface area contributed by atoms with Crippen LogP contribution in [-0.4, -0.2) is 31.6 Å². The molecule has 0 aliphatic rings. The molecule has 4 heteroatoms. The summed E-state index contributed by atoms with van der Waals surface area (Å²) < 4.78 is 5.94. The maximum absolute atomic E-state index is 6.02. The number of hydrogen-bond acceptors (Lipinski definition) is 3. The summed E-state index contributed by atoms with van der Waals surface area (Å²) in [5.41, 5.74) is 0.896. The number of halogens is 1. The zero-order valence-corrected chi connectivity index (χ0v) is 13.2. The standard InChI is InChI=1S/C16H23ClN2O/c1-4-19(5-2)9-8-14(18-3)16-11-12-10-13(17)6-7-15(12)20-16/h6-7,10-11,14,18H,4-5,8-9H2,1-3H3. The summed E-state index contributed by atoms with van der Waals surface area (Å²) >= 11 is 6.02. The van der Waals surface area contributed by atoms with E-state index in [0.717, 1.165) is 47.8 Å². The number of fused-ring (bicyclic) bond motifs is 1. The van der Waals surface area contributed by atoms with E-state index in [0.29, 0.717) is 0 Å². The molecule has 1 aromatic carbocycles. The van der Waals surface area contributed by atoms with Gasteiger partial charge in [-0.15, -0.1) is 0 Å². The Morgan fingerprint density at radius 3 is 2.65 bits per heavy atom. The molecule has 0 amide bonds. The Bertz CT molecular complexity index is 548. The molecule has 1 N–H and O–H groups in total. The van der Waals surface area contributed by atoms with Crippen molar-refractivity contribution >= 4 is 22.6 Å². The van der Waals surface area contributed by atoms with E-state index in [-0.39, 0.29) is 6.04 Å². The van der Waals surface area contributed by atoms with Crippen LogP contribution < -0.4 is 5.32 Å². The lowest BCUT2D eigenvalue weighted by Gasteiger charge is -2.21. The van der Waals surface area contributed by atoms with Crippen LogP contribution in [0.15, 0.2) is 28.7 Å². The maximum Gasteiger partial charge on any atom is 0.134 e. The topological polar surface area (TPSA) is 28.4 Å². The largest absolute Gasteiger partial charge is 0.459 e. The van der Waals surface area contributed by atoms with Crippen LogP contribution >= 0.6 is 11.6 Å². The number of hydrogen-bond donors (Lipinski definition) is 1. The van der Waals surface area contributed by atoms with E-state index in [1.54, 1.807) is 0 Å². The molecule has 0 saturated heterocycles. The lowest BCUT2D eigenvalue weighted by Crippen LogP contribution is -2.28. The van der Waals surface area contributed by atoms with Gasteiger partial charge in [0.15, 0.2) is 0 Å². The van der Waals surface area contributed by atoms with E-state index >= 15 is 0 Å². The Kier molecular flexibility index (Phi) is 5.46. The summed E-state index contributed by atoms with van der Waals surface area (Å²) in [7, 11) is 1.98. The van der Waals surface area contributed by atoms with Gasteiger partial charge in [-0.1, -0.05) is 25.4 Å². The fourth-order valence-corrected chi connectivity index (χ4v) is 2.67. The van der Waals surface area contributed by atoms with Crippen molar-refractivity contribution in [2.75, 3.05) is 26.7 Å². The lowest BCUT2D eigenvalue weighted by molar-refractivity contribution is 0.277. The molecule has 2 aromatic rings. The summed E-state index contributed by atoms with van der Waals surface area (Å²) in [4.78, 5) is 2.42. The van der Waals surface area contributed by atoms with Crippen molar-refractivity contribution in [1.29, 1.82) is 0 Å². The zero-order valence-electron chi connectivity index (χ0n) is 12.4. The predicted molar refractivity (Wildman–Crippen MR) is 85.4 cm³/mol. The quantitative estimate of drug-likeness (QED) is 0.834. The molecular formula is C16H23ClN2O. The summed E-state index contributed by atoms with van der Waals surface area (Å²) in [6.45, 7) is 7.63. The SMILES string of the molecule is CCN(CC)CCC(NC)c1cc2cc(Cl)ccc2o1. The van der Waals surface area contributed by atoms with E-state index in [4.69, 9.17) is 16.0 Å². The average molecular weight is 295 g/mol. The number of benzene rings is 1. The van der Waals surface area contributed by atoms with Crippen molar-refractivity contribution in [1.82, 2.24) is 10.2 Å². The second-order valence-electron chi connectivity index (χ2n) is 4.99. The zero-order chi connectivity index (χ0) is 14.5. The first-order valence-corrected chi connectivity index (χ1v) is 7.64. The Hall–Kier alpha value is -1.03. The highest BCUT2D eigenvalue weighted by Crippen LogP contribution is 2.27. The number of rotatable bonds is 7.